The van der Waals surface area contributed by atoms with Gasteiger partial charge in [0.15, 0.2) is 0 Å². The van der Waals surface area contributed by atoms with Crippen LogP contribution in [0.3, 0.4) is 0 Å². The molecule has 0 aromatic heterocycles. The SMILES string of the molecule is CC1B=NC1C. The Bertz CT molecular complexity index is 69.6. The summed E-state index contributed by atoms with van der Waals surface area (Å²) in [6.07, 6.45) is 0. The molecule has 0 fully saturated rings. The topological polar surface area (TPSA) is 12.4 Å². The fraction of sp³-hybridized carbons (Fsp3) is 1.00. The van der Waals surface area contributed by atoms with Gasteiger partial charge in [-0.05, 0) is 0 Å². The van der Waals surface area contributed by atoms with Crippen molar-refractivity contribution >= 4 is 7.07 Å². The predicted molar refractivity (Wildman–Crippen MR) is 27.1 cm³/mol. The Hall–Kier alpha value is -0.135. The van der Waals surface area contributed by atoms with E-state index in [2.05, 4.69) is 18.7 Å². The number of hydrogen-bond acceptors (Lipinski definition) is 1. The maximum atomic E-state index is 4.03. The molecule has 2 heteroatoms. The first-order chi connectivity index (χ1) is 2.80. The minimum absolute atomic E-state index is 0.602. The fourth-order valence-corrected chi connectivity index (χ4v) is 0.430. The molecule has 1 heterocycles. The summed E-state index contributed by atoms with van der Waals surface area (Å²) in [6, 6.07) is 0.602. The van der Waals surface area contributed by atoms with Crippen molar-refractivity contribution in [3.63, 3.8) is 0 Å². The van der Waals surface area contributed by atoms with E-state index in [4.69, 9.17) is 0 Å². The van der Waals surface area contributed by atoms with Crippen molar-refractivity contribution in [2.75, 3.05) is 0 Å². The van der Waals surface area contributed by atoms with Gasteiger partial charge in [-0.1, -0.05) is 0 Å². The molecular weight excluding hydrogens is 72.9 g/mol. The van der Waals surface area contributed by atoms with Crippen LogP contribution in [0.4, 0.5) is 0 Å². The molecule has 6 heavy (non-hydrogen) atoms. The molecule has 0 radical (unpaired) electrons. The van der Waals surface area contributed by atoms with Crippen LogP contribution in [-0.4, -0.2) is 13.1 Å². The van der Waals surface area contributed by atoms with Gasteiger partial charge < -0.3 is 0 Å². The minimum atomic E-state index is 0.602. The van der Waals surface area contributed by atoms with Gasteiger partial charge in [0.2, 0.25) is 0 Å². The zero-order valence-electron chi connectivity index (χ0n) is 4.18. The molecule has 2 atom stereocenters. The first-order valence-electron chi connectivity index (χ1n) is 2.34. The Morgan fingerprint density at radius 1 is 1.50 bits per heavy atom. The normalized spacial score (nSPS) is 41.0. The molecule has 1 aliphatic heterocycles. The molecule has 0 spiro atoms. The molecule has 1 rings (SSSR count). The first kappa shape index (κ1) is 4.04. The third kappa shape index (κ3) is 0.404. The number of nitrogens with zero attached hydrogens (tertiary/aromatic N) is 1. The predicted octanol–water partition coefficient (Wildman–Crippen LogP) is 1.08. The van der Waals surface area contributed by atoms with Crippen LogP contribution in [0.2, 0.25) is 5.82 Å². The van der Waals surface area contributed by atoms with Gasteiger partial charge in [-0.25, -0.2) is 0 Å². The zero-order chi connectivity index (χ0) is 4.57. The van der Waals surface area contributed by atoms with Gasteiger partial charge >= 0.3 is 37.7 Å². The van der Waals surface area contributed by atoms with Gasteiger partial charge in [-0.3, -0.25) is 0 Å². The molecule has 1 aliphatic rings. The first-order valence-corrected chi connectivity index (χ1v) is 2.34. The second kappa shape index (κ2) is 1.17. The van der Waals surface area contributed by atoms with E-state index >= 15 is 0 Å². The monoisotopic (exact) mass is 81.1 g/mol. The zero-order valence-corrected chi connectivity index (χ0v) is 4.18. The van der Waals surface area contributed by atoms with Crippen molar-refractivity contribution in [2.24, 2.45) is 4.90 Å². The van der Waals surface area contributed by atoms with E-state index < -0.39 is 0 Å². The molecular formula is C4H8BN. The molecule has 0 aliphatic carbocycles. The van der Waals surface area contributed by atoms with Crippen LogP contribution in [0.15, 0.2) is 4.90 Å². The second-order valence-corrected chi connectivity index (χ2v) is 1.90. The van der Waals surface area contributed by atoms with Crippen LogP contribution >= 0.6 is 0 Å². The van der Waals surface area contributed by atoms with E-state index in [-0.39, 0.29) is 0 Å². The van der Waals surface area contributed by atoms with Crippen molar-refractivity contribution in [1.82, 2.24) is 0 Å². The van der Waals surface area contributed by atoms with Crippen LogP contribution in [0.25, 0.3) is 0 Å². The fourth-order valence-electron chi connectivity index (χ4n) is 0.430. The Morgan fingerprint density at radius 2 is 2.00 bits per heavy atom. The maximum absolute atomic E-state index is 4.03. The third-order valence-electron chi connectivity index (χ3n) is 1.32. The molecule has 0 amide bonds. The summed E-state index contributed by atoms with van der Waals surface area (Å²) in [4.78, 5) is 4.03. The van der Waals surface area contributed by atoms with Gasteiger partial charge in [-0.15, -0.1) is 0 Å². The van der Waals surface area contributed by atoms with Gasteiger partial charge in [0.05, 0.1) is 0 Å². The summed E-state index contributed by atoms with van der Waals surface area (Å²) in [7, 11) is 1.99. The van der Waals surface area contributed by atoms with E-state index in [1.54, 1.807) is 0 Å². The van der Waals surface area contributed by atoms with Crippen molar-refractivity contribution < 1.29 is 0 Å². The van der Waals surface area contributed by atoms with Gasteiger partial charge in [0.25, 0.3) is 0 Å². The van der Waals surface area contributed by atoms with E-state index in [1.807, 2.05) is 7.07 Å². The summed E-state index contributed by atoms with van der Waals surface area (Å²) in [6.45, 7) is 4.31. The van der Waals surface area contributed by atoms with Gasteiger partial charge in [-0.2, -0.15) is 0 Å². The van der Waals surface area contributed by atoms with Crippen molar-refractivity contribution in [1.29, 1.82) is 0 Å². The van der Waals surface area contributed by atoms with Crippen LogP contribution in [0.5, 0.6) is 0 Å². The molecule has 1 nitrogen and oxygen atoms in total. The average Bonchev–Trinajstić information content (AvgIpc) is 1.61. The van der Waals surface area contributed by atoms with Gasteiger partial charge in [0, 0.05) is 0 Å². The Labute approximate surface area is 38.7 Å². The van der Waals surface area contributed by atoms with Crippen LogP contribution in [0, 0.1) is 0 Å². The van der Waals surface area contributed by atoms with Gasteiger partial charge in [0.1, 0.15) is 0 Å². The Kier molecular flexibility index (Phi) is 0.790. The van der Waals surface area contributed by atoms with Crippen molar-refractivity contribution in [3.05, 3.63) is 0 Å². The van der Waals surface area contributed by atoms with Crippen LogP contribution in [0.1, 0.15) is 13.8 Å². The molecule has 0 aromatic rings. The standard InChI is InChI=1S/C4H8BN/c1-3-4(2)6-5-3/h3-4H,1-2H3. The van der Waals surface area contributed by atoms with Crippen molar-refractivity contribution in [2.45, 2.75) is 25.7 Å². The summed E-state index contributed by atoms with van der Waals surface area (Å²) in [5.41, 5.74) is 0. The van der Waals surface area contributed by atoms with E-state index in [1.165, 1.54) is 0 Å². The summed E-state index contributed by atoms with van der Waals surface area (Å²) in [5.74, 6) is 0.741. The van der Waals surface area contributed by atoms with E-state index in [9.17, 15) is 0 Å². The molecule has 0 bridgehead atoms. The van der Waals surface area contributed by atoms with Crippen LogP contribution < -0.4 is 0 Å². The molecule has 2 unspecified atom stereocenters. The van der Waals surface area contributed by atoms with Crippen LogP contribution in [-0.2, 0) is 0 Å². The van der Waals surface area contributed by atoms with E-state index in [0.29, 0.717) is 6.04 Å². The second-order valence-electron chi connectivity index (χ2n) is 1.90. The molecule has 0 saturated carbocycles. The Balaban J connectivity index is 2.45. The quantitative estimate of drug-likeness (QED) is 0.387. The molecule has 0 N–H and O–H groups in total. The molecule has 0 aromatic carbocycles. The average molecular weight is 80.9 g/mol. The molecule has 32 valence electrons. The summed E-state index contributed by atoms with van der Waals surface area (Å²) < 4.78 is 0. The van der Waals surface area contributed by atoms with Crippen molar-refractivity contribution in [3.8, 4) is 0 Å². The Morgan fingerprint density at radius 3 is 2.00 bits per heavy atom. The molecule has 0 saturated heterocycles. The number of rotatable bonds is 0. The van der Waals surface area contributed by atoms with E-state index in [0.717, 1.165) is 5.82 Å². The number of hydrogen-bond donors (Lipinski definition) is 0. The summed E-state index contributed by atoms with van der Waals surface area (Å²) >= 11 is 0. The third-order valence-corrected chi connectivity index (χ3v) is 1.32. The summed E-state index contributed by atoms with van der Waals surface area (Å²) in [5, 5.41) is 0.